The van der Waals surface area contributed by atoms with E-state index in [1.807, 2.05) is 17.8 Å². The molecule has 0 aliphatic carbocycles. The standard InChI is InChI=1S/C16H24ClNO2S/c1-19-9-10-20-8-3-2-7-18-15-6-11-21-16-5-4-13(17)12-14(15)16/h4-5,12,15,18H,2-3,6-11H2,1H3. The summed E-state index contributed by atoms with van der Waals surface area (Å²) in [6.07, 6.45) is 3.38. The molecule has 0 saturated carbocycles. The molecule has 0 fully saturated rings. The van der Waals surface area contributed by atoms with E-state index in [-0.39, 0.29) is 0 Å². The van der Waals surface area contributed by atoms with Gasteiger partial charge in [-0.15, -0.1) is 11.8 Å². The molecule has 0 bridgehead atoms. The van der Waals surface area contributed by atoms with Gasteiger partial charge in [0, 0.05) is 29.7 Å². The summed E-state index contributed by atoms with van der Waals surface area (Å²) < 4.78 is 10.4. The van der Waals surface area contributed by atoms with Crippen molar-refractivity contribution in [3.05, 3.63) is 28.8 Å². The molecular weight excluding hydrogens is 306 g/mol. The van der Waals surface area contributed by atoms with E-state index in [4.69, 9.17) is 21.1 Å². The summed E-state index contributed by atoms with van der Waals surface area (Å²) in [5.41, 5.74) is 1.36. The Balaban J connectivity index is 1.67. The molecule has 1 aliphatic rings. The molecular formula is C16H24ClNO2S. The number of nitrogens with one attached hydrogen (secondary N) is 1. The Morgan fingerprint density at radius 2 is 2.19 bits per heavy atom. The number of rotatable bonds is 9. The lowest BCUT2D eigenvalue weighted by molar-refractivity contribution is 0.0687. The van der Waals surface area contributed by atoms with Crippen LogP contribution in [0.2, 0.25) is 5.02 Å². The second-order valence-electron chi connectivity index (χ2n) is 5.14. The molecule has 21 heavy (non-hydrogen) atoms. The van der Waals surface area contributed by atoms with Crippen LogP contribution in [0.25, 0.3) is 0 Å². The normalized spacial score (nSPS) is 17.7. The lowest BCUT2D eigenvalue weighted by Crippen LogP contribution is -2.25. The summed E-state index contributed by atoms with van der Waals surface area (Å²) in [5, 5.41) is 4.48. The number of fused-ring (bicyclic) bond motifs is 1. The maximum absolute atomic E-state index is 6.12. The molecule has 1 aromatic carbocycles. The SMILES string of the molecule is COCCOCCCCNC1CCSc2ccc(Cl)cc21. The average Bonchev–Trinajstić information content (AvgIpc) is 2.50. The second kappa shape index (κ2) is 9.70. The molecule has 0 radical (unpaired) electrons. The minimum absolute atomic E-state index is 0.439. The van der Waals surface area contributed by atoms with Crippen LogP contribution in [0.5, 0.6) is 0 Å². The van der Waals surface area contributed by atoms with Crippen LogP contribution in [0.4, 0.5) is 0 Å². The summed E-state index contributed by atoms with van der Waals surface area (Å²) >= 11 is 8.05. The van der Waals surface area contributed by atoms with Crippen molar-refractivity contribution in [1.29, 1.82) is 0 Å². The van der Waals surface area contributed by atoms with Gasteiger partial charge < -0.3 is 14.8 Å². The highest BCUT2D eigenvalue weighted by atomic mass is 35.5. The second-order valence-corrected chi connectivity index (χ2v) is 6.71. The van der Waals surface area contributed by atoms with Gasteiger partial charge in [-0.3, -0.25) is 0 Å². The van der Waals surface area contributed by atoms with Crippen molar-refractivity contribution in [2.75, 3.05) is 39.2 Å². The molecule has 3 nitrogen and oxygen atoms in total. The van der Waals surface area contributed by atoms with E-state index in [1.165, 1.54) is 22.6 Å². The van der Waals surface area contributed by atoms with Crippen LogP contribution in [0.15, 0.2) is 23.1 Å². The molecule has 0 spiro atoms. The molecule has 2 rings (SSSR count). The lowest BCUT2D eigenvalue weighted by Gasteiger charge is -2.26. The zero-order chi connectivity index (χ0) is 14.9. The van der Waals surface area contributed by atoms with E-state index in [0.717, 1.165) is 31.0 Å². The number of methoxy groups -OCH3 is 1. The minimum atomic E-state index is 0.439. The number of hydrogen-bond acceptors (Lipinski definition) is 4. The molecule has 0 saturated heterocycles. The Morgan fingerprint density at radius 3 is 3.05 bits per heavy atom. The first-order valence-electron chi connectivity index (χ1n) is 7.53. The number of halogens is 1. The number of hydrogen-bond donors (Lipinski definition) is 1. The Labute approximate surface area is 136 Å². The maximum atomic E-state index is 6.12. The molecule has 118 valence electrons. The van der Waals surface area contributed by atoms with Crippen molar-refractivity contribution in [2.45, 2.75) is 30.2 Å². The Morgan fingerprint density at radius 1 is 1.29 bits per heavy atom. The van der Waals surface area contributed by atoms with Crippen molar-refractivity contribution in [3.63, 3.8) is 0 Å². The number of thioether (sulfide) groups is 1. The number of unbranched alkanes of at least 4 members (excludes halogenated alkanes) is 1. The van der Waals surface area contributed by atoms with E-state index >= 15 is 0 Å². The van der Waals surface area contributed by atoms with Gasteiger partial charge in [0.1, 0.15) is 0 Å². The predicted octanol–water partition coefficient (Wildman–Crippen LogP) is 3.91. The van der Waals surface area contributed by atoms with Gasteiger partial charge in [-0.1, -0.05) is 11.6 Å². The summed E-state index contributed by atoms with van der Waals surface area (Å²) in [6.45, 7) is 3.20. The van der Waals surface area contributed by atoms with Gasteiger partial charge in [0.2, 0.25) is 0 Å². The Kier molecular flexibility index (Phi) is 7.89. The number of ether oxygens (including phenoxy) is 2. The van der Waals surface area contributed by atoms with E-state index in [0.29, 0.717) is 19.3 Å². The topological polar surface area (TPSA) is 30.5 Å². The Hall–Kier alpha value is -0.260. The van der Waals surface area contributed by atoms with Gasteiger partial charge in [-0.2, -0.15) is 0 Å². The van der Waals surface area contributed by atoms with Crippen molar-refractivity contribution in [2.24, 2.45) is 0 Å². The molecule has 0 aromatic heterocycles. The van der Waals surface area contributed by atoms with Crippen LogP contribution in [0, 0.1) is 0 Å². The van der Waals surface area contributed by atoms with Crippen LogP contribution in [-0.4, -0.2) is 39.2 Å². The highest BCUT2D eigenvalue weighted by Crippen LogP contribution is 2.37. The summed E-state index contributed by atoms with van der Waals surface area (Å²) in [7, 11) is 1.69. The number of benzene rings is 1. The third-order valence-electron chi connectivity index (χ3n) is 3.55. The third-order valence-corrected chi connectivity index (χ3v) is 4.91. The summed E-state index contributed by atoms with van der Waals surface area (Å²) in [5.74, 6) is 1.17. The van der Waals surface area contributed by atoms with Gasteiger partial charge in [0.25, 0.3) is 0 Å². The van der Waals surface area contributed by atoms with E-state index < -0.39 is 0 Å². The van der Waals surface area contributed by atoms with Crippen LogP contribution in [0.3, 0.4) is 0 Å². The monoisotopic (exact) mass is 329 g/mol. The van der Waals surface area contributed by atoms with Crippen LogP contribution in [-0.2, 0) is 9.47 Å². The molecule has 0 amide bonds. The fraction of sp³-hybridized carbons (Fsp3) is 0.625. The van der Waals surface area contributed by atoms with E-state index in [9.17, 15) is 0 Å². The quantitative estimate of drug-likeness (QED) is 0.696. The van der Waals surface area contributed by atoms with Gasteiger partial charge in [-0.05, 0) is 55.3 Å². The smallest absolute Gasteiger partial charge is 0.0700 e. The Bertz CT molecular complexity index is 431. The van der Waals surface area contributed by atoms with E-state index in [1.54, 1.807) is 7.11 Å². The fourth-order valence-electron chi connectivity index (χ4n) is 2.43. The largest absolute Gasteiger partial charge is 0.382 e. The van der Waals surface area contributed by atoms with Crippen molar-refractivity contribution in [3.8, 4) is 0 Å². The van der Waals surface area contributed by atoms with Crippen LogP contribution < -0.4 is 5.32 Å². The molecule has 1 aliphatic heterocycles. The first kappa shape index (κ1) is 17.1. The van der Waals surface area contributed by atoms with Crippen molar-refractivity contribution < 1.29 is 9.47 Å². The highest BCUT2D eigenvalue weighted by Gasteiger charge is 2.20. The first-order chi connectivity index (χ1) is 10.3. The predicted molar refractivity (Wildman–Crippen MR) is 89.5 cm³/mol. The summed E-state index contributed by atoms with van der Waals surface area (Å²) in [6, 6.07) is 6.66. The molecule has 1 aromatic rings. The molecule has 1 atom stereocenters. The molecule has 1 heterocycles. The molecule has 1 unspecified atom stereocenters. The lowest BCUT2D eigenvalue weighted by atomic mass is 10.0. The third kappa shape index (κ3) is 5.80. The first-order valence-corrected chi connectivity index (χ1v) is 8.90. The average molecular weight is 330 g/mol. The van der Waals surface area contributed by atoms with Gasteiger partial charge in [-0.25, -0.2) is 0 Å². The van der Waals surface area contributed by atoms with Gasteiger partial charge in [0.15, 0.2) is 0 Å². The summed E-state index contributed by atoms with van der Waals surface area (Å²) in [4.78, 5) is 1.37. The van der Waals surface area contributed by atoms with Crippen LogP contribution >= 0.6 is 23.4 Å². The van der Waals surface area contributed by atoms with Gasteiger partial charge >= 0.3 is 0 Å². The zero-order valence-electron chi connectivity index (χ0n) is 12.6. The van der Waals surface area contributed by atoms with Crippen molar-refractivity contribution in [1.82, 2.24) is 5.32 Å². The van der Waals surface area contributed by atoms with Gasteiger partial charge in [0.05, 0.1) is 13.2 Å². The minimum Gasteiger partial charge on any atom is -0.382 e. The fourth-order valence-corrected chi connectivity index (χ4v) is 3.71. The molecule has 1 N–H and O–H groups in total. The highest BCUT2D eigenvalue weighted by molar-refractivity contribution is 7.99. The van der Waals surface area contributed by atoms with E-state index in [2.05, 4.69) is 17.4 Å². The van der Waals surface area contributed by atoms with Crippen molar-refractivity contribution >= 4 is 23.4 Å². The molecule has 5 heteroatoms. The maximum Gasteiger partial charge on any atom is 0.0700 e. The zero-order valence-corrected chi connectivity index (χ0v) is 14.1. The van der Waals surface area contributed by atoms with Crippen LogP contribution in [0.1, 0.15) is 30.9 Å².